The fourth-order valence-electron chi connectivity index (χ4n) is 0.987. The standard InChI is InChI=1S/C10H22O5Si/c1-6-8-9-14-10(7-2)15-16(11-3,12-4)13-5/h7H,6,8-9H2,1-5H3. The van der Waals surface area contributed by atoms with Crippen LogP contribution in [0.3, 0.4) is 0 Å². The molecule has 0 fully saturated rings. The Labute approximate surface area is 98.8 Å². The summed E-state index contributed by atoms with van der Waals surface area (Å²) in [6.45, 7) is 4.53. The maximum atomic E-state index is 5.49. The van der Waals surface area contributed by atoms with Crippen molar-refractivity contribution in [3.05, 3.63) is 12.0 Å². The average molecular weight is 250 g/mol. The van der Waals surface area contributed by atoms with Crippen LogP contribution in [-0.2, 0) is 22.4 Å². The van der Waals surface area contributed by atoms with Crippen molar-refractivity contribution < 1.29 is 22.4 Å². The van der Waals surface area contributed by atoms with E-state index < -0.39 is 9.05 Å². The Morgan fingerprint density at radius 3 is 2.06 bits per heavy atom. The van der Waals surface area contributed by atoms with Gasteiger partial charge in [-0.25, -0.2) is 0 Å². The Balaban J connectivity index is 4.28. The Hall–Kier alpha value is -0.563. The quantitative estimate of drug-likeness (QED) is 0.356. The van der Waals surface area contributed by atoms with E-state index in [2.05, 4.69) is 6.92 Å². The number of hydrogen-bond donors (Lipinski definition) is 0. The molecule has 0 saturated carbocycles. The minimum Gasteiger partial charge on any atom is -0.466 e. The third kappa shape index (κ3) is 4.98. The van der Waals surface area contributed by atoms with E-state index in [1.165, 1.54) is 21.3 Å². The molecule has 0 bridgehead atoms. The summed E-state index contributed by atoms with van der Waals surface area (Å²) in [5.41, 5.74) is 0. The van der Waals surface area contributed by atoms with Gasteiger partial charge >= 0.3 is 9.05 Å². The summed E-state index contributed by atoms with van der Waals surface area (Å²) in [6, 6.07) is 0. The van der Waals surface area contributed by atoms with Crippen LogP contribution >= 0.6 is 0 Å². The predicted molar refractivity (Wildman–Crippen MR) is 62.5 cm³/mol. The fraction of sp³-hybridized carbons (Fsp3) is 0.800. The lowest BCUT2D eigenvalue weighted by atomic mass is 10.4. The number of allylic oxidation sites excluding steroid dienone is 1. The highest BCUT2D eigenvalue weighted by atomic mass is 28.4. The number of hydrogen-bond acceptors (Lipinski definition) is 5. The van der Waals surface area contributed by atoms with Crippen molar-refractivity contribution in [3.63, 3.8) is 0 Å². The number of ether oxygens (including phenoxy) is 1. The molecule has 0 spiro atoms. The molecule has 0 amide bonds. The summed E-state index contributed by atoms with van der Waals surface area (Å²) in [4.78, 5) is 0. The monoisotopic (exact) mass is 250 g/mol. The normalized spacial score (nSPS) is 12.7. The Morgan fingerprint density at radius 1 is 1.12 bits per heavy atom. The van der Waals surface area contributed by atoms with Crippen molar-refractivity contribution in [1.29, 1.82) is 0 Å². The maximum Gasteiger partial charge on any atom is 0.750 e. The summed E-state index contributed by atoms with van der Waals surface area (Å²) < 4.78 is 26.3. The van der Waals surface area contributed by atoms with Gasteiger partial charge in [-0.15, -0.1) is 0 Å². The van der Waals surface area contributed by atoms with Crippen LogP contribution in [0.4, 0.5) is 0 Å². The first-order valence-corrected chi connectivity index (χ1v) is 6.94. The Morgan fingerprint density at radius 2 is 1.69 bits per heavy atom. The van der Waals surface area contributed by atoms with E-state index in [9.17, 15) is 0 Å². The molecule has 0 rings (SSSR count). The number of rotatable bonds is 9. The van der Waals surface area contributed by atoms with E-state index in [-0.39, 0.29) is 0 Å². The maximum absolute atomic E-state index is 5.49. The van der Waals surface area contributed by atoms with E-state index in [0.29, 0.717) is 12.6 Å². The minimum absolute atomic E-state index is 0.380. The lowest BCUT2D eigenvalue weighted by molar-refractivity contribution is -0.0187. The molecule has 0 heterocycles. The second-order valence-corrected chi connectivity index (χ2v) is 5.45. The third-order valence-electron chi connectivity index (χ3n) is 1.95. The van der Waals surface area contributed by atoms with Crippen molar-refractivity contribution in [3.8, 4) is 0 Å². The first-order chi connectivity index (χ1) is 7.67. The van der Waals surface area contributed by atoms with Crippen LogP contribution in [0, 0.1) is 0 Å². The SMILES string of the molecule is CC=C(OCCCC)O[Si](OC)(OC)OC. The van der Waals surface area contributed by atoms with Gasteiger partial charge in [0.15, 0.2) is 0 Å². The van der Waals surface area contributed by atoms with Gasteiger partial charge in [0, 0.05) is 21.3 Å². The molecule has 0 aromatic carbocycles. The molecule has 5 nitrogen and oxygen atoms in total. The van der Waals surface area contributed by atoms with E-state index in [0.717, 1.165) is 12.8 Å². The van der Waals surface area contributed by atoms with Crippen molar-refractivity contribution in [2.24, 2.45) is 0 Å². The van der Waals surface area contributed by atoms with Crippen molar-refractivity contribution in [1.82, 2.24) is 0 Å². The zero-order chi connectivity index (χ0) is 12.4. The molecule has 0 unspecified atom stereocenters. The average Bonchev–Trinajstić information content (AvgIpc) is 2.34. The van der Waals surface area contributed by atoms with Gasteiger partial charge in [-0.05, 0) is 19.4 Å². The van der Waals surface area contributed by atoms with E-state index in [4.69, 9.17) is 22.4 Å². The van der Waals surface area contributed by atoms with Gasteiger partial charge in [-0.1, -0.05) is 13.3 Å². The summed E-state index contributed by atoms with van der Waals surface area (Å²) in [5, 5.41) is 0. The van der Waals surface area contributed by atoms with Gasteiger partial charge in [0.2, 0.25) is 0 Å². The fourth-order valence-corrected chi connectivity index (χ4v) is 2.16. The van der Waals surface area contributed by atoms with Crippen LogP contribution in [0.5, 0.6) is 0 Å². The molecule has 0 atom stereocenters. The van der Waals surface area contributed by atoms with Crippen LogP contribution in [0.25, 0.3) is 0 Å². The Bertz CT molecular complexity index is 195. The van der Waals surface area contributed by atoms with Gasteiger partial charge in [0.25, 0.3) is 5.95 Å². The van der Waals surface area contributed by atoms with E-state index in [1.54, 1.807) is 6.08 Å². The van der Waals surface area contributed by atoms with Crippen LogP contribution in [0.15, 0.2) is 12.0 Å². The number of unbranched alkanes of at least 4 members (excludes halogenated alkanes) is 1. The first-order valence-electron chi connectivity index (χ1n) is 5.31. The molecule has 0 aromatic rings. The lowest BCUT2D eigenvalue weighted by Gasteiger charge is -2.24. The van der Waals surface area contributed by atoms with Crippen LogP contribution in [-0.4, -0.2) is 37.0 Å². The van der Waals surface area contributed by atoms with E-state index in [1.807, 2.05) is 6.92 Å². The van der Waals surface area contributed by atoms with Crippen LogP contribution in [0.1, 0.15) is 26.7 Å². The molecule has 0 aliphatic carbocycles. The molecule has 6 heteroatoms. The van der Waals surface area contributed by atoms with Crippen LogP contribution < -0.4 is 0 Å². The van der Waals surface area contributed by atoms with Crippen molar-refractivity contribution in [2.45, 2.75) is 26.7 Å². The summed E-state index contributed by atoms with van der Waals surface area (Å²) in [7, 11) is 1.40. The summed E-state index contributed by atoms with van der Waals surface area (Å²) in [5.74, 6) is 0.380. The van der Waals surface area contributed by atoms with Crippen LogP contribution in [0.2, 0.25) is 0 Å². The molecule has 0 aromatic heterocycles. The smallest absolute Gasteiger partial charge is 0.466 e. The zero-order valence-electron chi connectivity index (χ0n) is 10.7. The molecule has 0 aliphatic heterocycles. The van der Waals surface area contributed by atoms with Gasteiger partial charge < -0.3 is 22.4 Å². The molecule has 16 heavy (non-hydrogen) atoms. The second-order valence-electron chi connectivity index (χ2n) is 3.02. The van der Waals surface area contributed by atoms with Crippen molar-refractivity contribution >= 4 is 9.05 Å². The van der Waals surface area contributed by atoms with E-state index >= 15 is 0 Å². The summed E-state index contributed by atoms with van der Waals surface area (Å²) >= 11 is 0. The minimum atomic E-state index is -3.05. The van der Waals surface area contributed by atoms with Crippen molar-refractivity contribution in [2.75, 3.05) is 27.9 Å². The lowest BCUT2D eigenvalue weighted by Crippen LogP contribution is -2.46. The molecule has 0 N–H and O–H groups in total. The topological polar surface area (TPSA) is 46.2 Å². The summed E-state index contributed by atoms with van der Waals surface area (Å²) in [6.07, 6.45) is 3.76. The third-order valence-corrected chi connectivity index (χ3v) is 3.90. The molecule has 0 saturated heterocycles. The molecular weight excluding hydrogens is 228 g/mol. The first kappa shape index (κ1) is 15.4. The molecule has 0 aliphatic rings. The molecule has 96 valence electrons. The highest BCUT2D eigenvalue weighted by molar-refractivity contribution is 6.53. The largest absolute Gasteiger partial charge is 0.750 e. The molecule has 0 radical (unpaired) electrons. The highest BCUT2D eigenvalue weighted by Crippen LogP contribution is 2.14. The van der Waals surface area contributed by atoms with Gasteiger partial charge in [0.05, 0.1) is 6.61 Å². The van der Waals surface area contributed by atoms with Gasteiger partial charge in [-0.3, -0.25) is 0 Å². The predicted octanol–water partition coefficient (Wildman–Crippen LogP) is 2.06. The zero-order valence-corrected chi connectivity index (χ0v) is 11.7. The molecular formula is C10H22O5Si. The Kier molecular flexibility index (Phi) is 8.27. The van der Waals surface area contributed by atoms with Gasteiger partial charge in [0.1, 0.15) is 0 Å². The second kappa shape index (κ2) is 8.57. The van der Waals surface area contributed by atoms with Gasteiger partial charge in [-0.2, -0.15) is 0 Å². The highest BCUT2D eigenvalue weighted by Gasteiger charge is 2.46.